The topological polar surface area (TPSA) is 20.2 Å². The highest BCUT2D eigenvalue weighted by Gasteiger charge is 2.62. The van der Waals surface area contributed by atoms with Crippen LogP contribution in [-0.2, 0) is 0 Å². The van der Waals surface area contributed by atoms with E-state index in [1.54, 1.807) is 11.3 Å². The van der Waals surface area contributed by atoms with Gasteiger partial charge in [-0.1, -0.05) is 13.8 Å². The van der Waals surface area contributed by atoms with E-state index in [4.69, 9.17) is 0 Å². The molecule has 3 atom stereocenters. The molecule has 1 N–H and O–H groups in total. The fourth-order valence-electron chi connectivity index (χ4n) is 6.78. The molecule has 5 rings (SSSR count). The van der Waals surface area contributed by atoms with Gasteiger partial charge in [-0.15, -0.1) is 11.3 Å². The number of aryl methyl sites for hydroxylation is 1. The van der Waals surface area contributed by atoms with Crippen molar-refractivity contribution in [2.75, 3.05) is 0 Å². The second-order valence-electron chi connectivity index (χ2n) is 8.86. The summed E-state index contributed by atoms with van der Waals surface area (Å²) in [6, 6.07) is 2.16. The third kappa shape index (κ3) is 1.77. The van der Waals surface area contributed by atoms with Gasteiger partial charge in [-0.25, -0.2) is 0 Å². The van der Waals surface area contributed by atoms with E-state index in [1.165, 1.54) is 49.0 Å². The van der Waals surface area contributed by atoms with Crippen LogP contribution in [0.1, 0.15) is 68.9 Å². The average Bonchev–Trinajstić information content (AvgIpc) is 2.69. The van der Waals surface area contributed by atoms with E-state index < -0.39 is 0 Å². The number of rotatable bonds is 2. The van der Waals surface area contributed by atoms with Crippen molar-refractivity contribution in [3.63, 3.8) is 0 Å². The molecule has 0 radical (unpaired) electrons. The van der Waals surface area contributed by atoms with E-state index in [0.29, 0.717) is 10.8 Å². The molecular weight excluding hydrogens is 264 g/mol. The van der Waals surface area contributed by atoms with Crippen molar-refractivity contribution in [3.8, 4) is 0 Å². The van der Waals surface area contributed by atoms with E-state index in [9.17, 15) is 5.11 Å². The Labute approximate surface area is 126 Å². The maximum Gasteiger partial charge on any atom is 0.0941 e. The zero-order valence-corrected chi connectivity index (χ0v) is 13.7. The highest BCUT2D eigenvalue weighted by atomic mass is 32.1. The minimum absolute atomic E-state index is 0.165. The average molecular weight is 290 g/mol. The van der Waals surface area contributed by atoms with Crippen LogP contribution in [0.15, 0.2) is 11.4 Å². The highest BCUT2D eigenvalue weighted by Crippen LogP contribution is 2.72. The fraction of sp³-hybridized carbons (Fsp3) is 0.778. The van der Waals surface area contributed by atoms with Crippen LogP contribution in [0, 0.1) is 29.1 Å². The van der Waals surface area contributed by atoms with Crippen LogP contribution in [0.4, 0.5) is 0 Å². The van der Waals surface area contributed by atoms with Gasteiger partial charge in [0.1, 0.15) is 0 Å². The quantitative estimate of drug-likeness (QED) is 0.804. The molecule has 0 saturated heterocycles. The lowest BCUT2D eigenvalue weighted by atomic mass is 9.39. The van der Waals surface area contributed by atoms with Gasteiger partial charge in [-0.2, -0.15) is 0 Å². The molecule has 0 aromatic carbocycles. The van der Waals surface area contributed by atoms with Gasteiger partial charge in [0.15, 0.2) is 0 Å². The van der Waals surface area contributed by atoms with Crippen molar-refractivity contribution in [2.45, 2.75) is 65.4 Å². The Hall–Kier alpha value is -0.340. The molecule has 1 aromatic heterocycles. The smallest absolute Gasteiger partial charge is 0.0941 e. The van der Waals surface area contributed by atoms with Crippen molar-refractivity contribution in [2.24, 2.45) is 22.2 Å². The molecule has 20 heavy (non-hydrogen) atoms. The Morgan fingerprint density at radius 2 is 1.80 bits per heavy atom. The summed E-state index contributed by atoms with van der Waals surface area (Å²) in [6.07, 6.45) is 7.70. The molecule has 0 aliphatic heterocycles. The minimum Gasteiger partial charge on any atom is -0.387 e. The maximum absolute atomic E-state index is 11.2. The summed E-state index contributed by atoms with van der Waals surface area (Å²) in [5, 5.41) is 13.3. The summed E-state index contributed by atoms with van der Waals surface area (Å²) >= 11 is 1.75. The zero-order valence-electron chi connectivity index (χ0n) is 12.9. The molecule has 4 fully saturated rings. The molecule has 2 heteroatoms. The van der Waals surface area contributed by atoms with Gasteiger partial charge in [0.05, 0.1) is 6.10 Å². The molecule has 110 valence electrons. The molecule has 4 aliphatic carbocycles. The first-order chi connectivity index (χ1) is 9.33. The summed E-state index contributed by atoms with van der Waals surface area (Å²) in [4.78, 5) is 1.24. The Kier molecular flexibility index (Phi) is 2.60. The molecule has 1 aromatic rings. The predicted molar refractivity (Wildman–Crippen MR) is 83.9 cm³/mol. The molecule has 1 nitrogen and oxygen atoms in total. The Morgan fingerprint density at radius 1 is 1.15 bits per heavy atom. The second-order valence-corrected chi connectivity index (χ2v) is 9.81. The summed E-state index contributed by atoms with van der Waals surface area (Å²) in [5.41, 5.74) is 2.42. The van der Waals surface area contributed by atoms with Crippen molar-refractivity contribution in [1.82, 2.24) is 0 Å². The van der Waals surface area contributed by atoms with Gasteiger partial charge in [0, 0.05) is 10.3 Å². The molecule has 4 bridgehead atoms. The lowest BCUT2D eigenvalue weighted by molar-refractivity contribution is -0.186. The highest BCUT2D eigenvalue weighted by molar-refractivity contribution is 7.10. The third-order valence-corrected chi connectivity index (χ3v) is 7.47. The van der Waals surface area contributed by atoms with E-state index in [0.717, 1.165) is 5.92 Å². The van der Waals surface area contributed by atoms with Crippen molar-refractivity contribution < 1.29 is 5.11 Å². The molecule has 1 heterocycles. The van der Waals surface area contributed by atoms with Gasteiger partial charge in [-0.05, 0) is 79.2 Å². The summed E-state index contributed by atoms with van der Waals surface area (Å²) in [5.74, 6) is 0.858. The monoisotopic (exact) mass is 290 g/mol. The normalized spacial score (nSPS) is 47.7. The van der Waals surface area contributed by atoms with E-state index in [-0.39, 0.29) is 11.5 Å². The molecule has 4 aliphatic rings. The first-order valence-electron chi connectivity index (χ1n) is 8.05. The van der Waals surface area contributed by atoms with E-state index in [1.807, 2.05) is 0 Å². The Morgan fingerprint density at radius 3 is 2.30 bits per heavy atom. The van der Waals surface area contributed by atoms with Crippen molar-refractivity contribution in [1.29, 1.82) is 0 Å². The molecular formula is C18H26OS. The number of thiophene rings is 1. The molecule has 0 amide bonds. The number of hydrogen-bond acceptors (Lipinski definition) is 2. The lowest BCUT2D eigenvalue weighted by Crippen LogP contribution is -2.56. The number of hydrogen-bond donors (Lipinski definition) is 1. The Bertz CT molecular complexity index is 527. The van der Waals surface area contributed by atoms with Crippen LogP contribution < -0.4 is 0 Å². The summed E-state index contributed by atoms with van der Waals surface area (Å²) in [7, 11) is 0. The molecule has 3 unspecified atom stereocenters. The number of aliphatic hydroxyl groups excluding tert-OH is 1. The SMILES string of the molecule is Cc1ccsc1C(O)C12CC3CC(C)(CC(C)(C3)C1)C2. The maximum atomic E-state index is 11.2. The van der Waals surface area contributed by atoms with Crippen LogP contribution in [0.25, 0.3) is 0 Å². The summed E-state index contributed by atoms with van der Waals surface area (Å²) in [6.45, 7) is 7.12. The van der Waals surface area contributed by atoms with Crippen LogP contribution in [0.5, 0.6) is 0 Å². The Balaban J connectivity index is 1.75. The molecule has 4 saturated carbocycles. The van der Waals surface area contributed by atoms with Gasteiger partial charge in [-0.3, -0.25) is 0 Å². The van der Waals surface area contributed by atoms with E-state index >= 15 is 0 Å². The van der Waals surface area contributed by atoms with Gasteiger partial charge in [0.2, 0.25) is 0 Å². The third-order valence-electron chi connectivity index (χ3n) is 6.40. The second kappa shape index (κ2) is 3.89. The lowest BCUT2D eigenvalue weighted by Gasteiger charge is -2.66. The standard InChI is InChI=1S/C18H26OS/c1-12-4-5-20-14(12)15(19)18-8-13-6-16(2,10-18)9-17(3,7-13)11-18/h4-5,13,15,19H,6-11H2,1-3H3. The van der Waals surface area contributed by atoms with Gasteiger partial charge < -0.3 is 5.11 Å². The van der Waals surface area contributed by atoms with Crippen LogP contribution in [0.3, 0.4) is 0 Å². The van der Waals surface area contributed by atoms with Gasteiger partial charge >= 0.3 is 0 Å². The van der Waals surface area contributed by atoms with Crippen LogP contribution in [-0.4, -0.2) is 5.11 Å². The zero-order chi connectivity index (χ0) is 14.2. The minimum atomic E-state index is -0.232. The first kappa shape index (κ1) is 13.3. The number of aliphatic hydroxyl groups is 1. The van der Waals surface area contributed by atoms with E-state index in [2.05, 4.69) is 32.2 Å². The van der Waals surface area contributed by atoms with Crippen molar-refractivity contribution in [3.05, 3.63) is 21.9 Å². The van der Waals surface area contributed by atoms with Crippen LogP contribution in [0.2, 0.25) is 0 Å². The van der Waals surface area contributed by atoms with Gasteiger partial charge in [0.25, 0.3) is 0 Å². The predicted octanol–water partition coefficient (Wildman–Crippen LogP) is 5.09. The van der Waals surface area contributed by atoms with Crippen molar-refractivity contribution >= 4 is 11.3 Å². The van der Waals surface area contributed by atoms with Crippen LogP contribution >= 0.6 is 11.3 Å². The fourth-order valence-corrected chi connectivity index (χ4v) is 7.84. The largest absolute Gasteiger partial charge is 0.387 e. The summed E-state index contributed by atoms with van der Waals surface area (Å²) < 4.78 is 0. The first-order valence-corrected chi connectivity index (χ1v) is 8.93. The molecule has 0 spiro atoms.